The Labute approximate surface area is 98.3 Å². The first kappa shape index (κ1) is 13.2. The number of alkyl halides is 2. The fourth-order valence-electron chi connectivity index (χ4n) is 1.09. The molecule has 0 aliphatic carbocycles. The fourth-order valence-corrected chi connectivity index (χ4v) is 1.40. The van der Waals surface area contributed by atoms with Gasteiger partial charge in [-0.15, -0.1) is 0 Å². The highest BCUT2D eigenvalue weighted by molar-refractivity contribution is 6.35. The first-order valence-corrected chi connectivity index (χ1v) is 4.47. The Bertz CT molecular complexity index is 481. The van der Waals surface area contributed by atoms with Crippen LogP contribution in [-0.4, -0.2) is 23.0 Å². The zero-order valence-corrected chi connectivity index (χ0v) is 9.07. The maximum Gasteiger partial charge on any atom is 0.383 e. The van der Waals surface area contributed by atoms with Gasteiger partial charge >= 0.3 is 11.8 Å². The molecule has 0 spiro atoms. The standard InChI is InChI=1S/C8H5ClF2N2O4/c1-17-8(14)4-3(6(10)11)2-12-7(5(4)9)13(15)16/h2,6H,1H3. The van der Waals surface area contributed by atoms with Gasteiger partial charge in [0.1, 0.15) is 6.20 Å². The van der Waals surface area contributed by atoms with Crippen LogP contribution >= 0.6 is 11.6 Å². The molecule has 0 atom stereocenters. The van der Waals surface area contributed by atoms with Crippen molar-refractivity contribution in [1.29, 1.82) is 0 Å². The third-order valence-electron chi connectivity index (χ3n) is 1.83. The number of halogens is 3. The summed E-state index contributed by atoms with van der Waals surface area (Å²) in [5.74, 6) is -2.06. The Morgan fingerprint density at radius 2 is 2.24 bits per heavy atom. The Balaban J connectivity index is 3.53. The molecule has 0 aliphatic rings. The molecule has 0 fully saturated rings. The molecule has 17 heavy (non-hydrogen) atoms. The summed E-state index contributed by atoms with van der Waals surface area (Å²) in [5, 5.41) is 9.72. The van der Waals surface area contributed by atoms with Crippen molar-refractivity contribution < 1.29 is 23.2 Å². The monoisotopic (exact) mass is 266 g/mol. The molecule has 0 aromatic carbocycles. The predicted molar refractivity (Wildman–Crippen MR) is 52.2 cm³/mol. The lowest BCUT2D eigenvalue weighted by Crippen LogP contribution is -2.10. The summed E-state index contributed by atoms with van der Waals surface area (Å²) in [6, 6.07) is 0. The topological polar surface area (TPSA) is 82.3 Å². The first-order valence-electron chi connectivity index (χ1n) is 4.09. The van der Waals surface area contributed by atoms with E-state index in [4.69, 9.17) is 11.6 Å². The number of carbonyl (C=O) groups is 1. The van der Waals surface area contributed by atoms with E-state index in [0.29, 0.717) is 6.20 Å². The molecular weight excluding hydrogens is 262 g/mol. The Morgan fingerprint density at radius 3 is 2.65 bits per heavy atom. The molecule has 1 aromatic heterocycles. The summed E-state index contributed by atoms with van der Waals surface area (Å²) in [6.45, 7) is 0. The molecular formula is C8H5ClF2N2O4. The number of nitro groups is 1. The van der Waals surface area contributed by atoms with Crippen LogP contribution < -0.4 is 0 Å². The van der Waals surface area contributed by atoms with Crippen molar-refractivity contribution in [3.8, 4) is 0 Å². The smallest absolute Gasteiger partial charge is 0.383 e. The number of esters is 1. The number of methoxy groups -OCH3 is 1. The number of nitrogens with zero attached hydrogens (tertiary/aromatic N) is 2. The molecule has 0 amide bonds. The van der Waals surface area contributed by atoms with Crippen molar-refractivity contribution in [2.75, 3.05) is 7.11 Å². The minimum atomic E-state index is -3.05. The molecule has 0 aliphatic heterocycles. The Morgan fingerprint density at radius 1 is 1.65 bits per heavy atom. The van der Waals surface area contributed by atoms with Gasteiger partial charge in [0.05, 0.1) is 18.2 Å². The van der Waals surface area contributed by atoms with Crippen LogP contribution in [0.1, 0.15) is 22.3 Å². The summed E-state index contributed by atoms with van der Waals surface area (Å²) in [6.07, 6.45) is -2.52. The third-order valence-corrected chi connectivity index (χ3v) is 2.19. The van der Waals surface area contributed by atoms with Crippen molar-refractivity contribution in [3.05, 3.63) is 32.5 Å². The van der Waals surface area contributed by atoms with Crippen molar-refractivity contribution in [2.45, 2.75) is 6.43 Å². The van der Waals surface area contributed by atoms with E-state index in [0.717, 1.165) is 7.11 Å². The zero-order valence-electron chi connectivity index (χ0n) is 8.32. The van der Waals surface area contributed by atoms with Gasteiger partial charge in [-0.05, 0) is 9.91 Å². The molecule has 0 saturated carbocycles. The molecule has 9 heteroatoms. The number of pyridine rings is 1. The minimum absolute atomic E-state index is 0.529. The van der Waals surface area contributed by atoms with E-state index >= 15 is 0 Å². The molecule has 1 aromatic rings. The van der Waals surface area contributed by atoms with Crippen LogP contribution in [0.25, 0.3) is 0 Å². The highest BCUT2D eigenvalue weighted by atomic mass is 35.5. The predicted octanol–water partition coefficient (Wildman–Crippen LogP) is 2.37. The number of hydrogen-bond donors (Lipinski definition) is 0. The number of hydrogen-bond acceptors (Lipinski definition) is 5. The maximum absolute atomic E-state index is 12.6. The van der Waals surface area contributed by atoms with E-state index in [-0.39, 0.29) is 0 Å². The van der Waals surface area contributed by atoms with Crippen LogP contribution in [0.5, 0.6) is 0 Å². The molecule has 0 saturated heterocycles. The van der Waals surface area contributed by atoms with Crippen molar-refractivity contribution in [1.82, 2.24) is 4.98 Å². The fraction of sp³-hybridized carbons (Fsp3) is 0.250. The summed E-state index contributed by atoms with van der Waals surface area (Å²) in [7, 11) is 0.945. The summed E-state index contributed by atoms with van der Waals surface area (Å²) < 4.78 is 29.4. The minimum Gasteiger partial charge on any atom is -0.465 e. The van der Waals surface area contributed by atoms with E-state index in [1.807, 2.05) is 0 Å². The molecule has 1 rings (SSSR count). The molecule has 6 nitrogen and oxygen atoms in total. The largest absolute Gasteiger partial charge is 0.465 e. The van der Waals surface area contributed by atoms with Gasteiger partial charge in [-0.1, -0.05) is 11.6 Å². The SMILES string of the molecule is COC(=O)c1c(C(F)F)cnc([N+](=O)[O-])c1Cl. The van der Waals surface area contributed by atoms with Crippen molar-refractivity contribution >= 4 is 23.4 Å². The summed E-state index contributed by atoms with van der Waals surface area (Å²) in [5.41, 5.74) is -1.56. The van der Waals surface area contributed by atoms with E-state index in [1.54, 1.807) is 0 Å². The summed E-state index contributed by atoms with van der Waals surface area (Å²) >= 11 is 5.49. The number of aromatic nitrogens is 1. The van der Waals surface area contributed by atoms with Gasteiger partial charge in [0, 0.05) is 0 Å². The average molecular weight is 267 g/mol. The van der Waals surface area contributed by atoms with Gasteiger partial charge in [-0.25, -0.2) is 13.6 Å². The van der Waals surface area contributed by atoms with Crippen molar-refractivity contribution in [2.24, 2.45) is 0 Å². The van der Waals surface area contributed by atoms with Gasteiger partial charge in [0.25, 0.3) is 6.43 Å². The van der Waals surface area contributed by atoms with E-state index in [9.17, 15) is 23.7 Å². The van der Waals surface area contributed by atoms with Crippen LogP contribution in [0.15, 0.2) is 6.20 Å². The second kappa shape index (κ2) is 5.00. The van der Waals surface area contributed by atoms with Crippen LogP contribution in [-0.2, 0) is 4.74 Å². The second-order valence-electron chi connectivity index (χ2n) is 2.78. The van der Waals surface area contributed by atoms with Crippen LogP contribution in [0.3, 0.4) is 0 Å². The second-order valence-corrected chi connectivity index (χ2v) is 3.15. The van der Waals surface area contributed by atoms with Gasteiger partial charge in [0.15, 0.2) is 5.02 Å². The Hall–Kier alpha value is -1.83. The Kier molecular flexibility index (Phi) is 3.89. The molecule has 0 N–H and O–H groups in total. The van der Waals surface area contributed by atoms with Crippen LogP contribution in [0.2, 0.25) is 5.02 Å². The molecule has 92 valence electrons. The molecule has 1 heterocycles. The summed E-state index contributed by atoms with van der Waals surface area (Å²) in [4.78, 5) is 23.9. The van der Waals surface area contributed by atoms with Crippen LogP contribution in [0, 0.1) is 10.1 Å². The van der Waals surface area contributed by atoms with Crippen LogP contribution in [0.4, 0.5) is 14.6 Å². The van der Waals surface area contributed by atoms with Gasteiger partial charge in [-0.3, -0.25) is 0 Å². The van der Waals surface area contributed by atoms with Gasteiger partial charge in [0.2, 0.25) is 0 Å². The third kappa shape index (κ3) is 2.47. The molecule has 0 bridgehead atoms. The quantitative estimate of drug-likeness (QED) is 0.476. The van der Waals surface area contributed by atoms with Gasteiger partial charge < -0.3 is 14.9 Å². The highest BCUT2D eigenvalue weighted by Gasteiger charge is 2.30. The van der Waals surface area contributed by atoms with E-state index in [1.165, 1.54) is 0 Å². The van der Waals surface area contributed by atoms with E-state index in [2.05, 4.69) is 9.72 Å². The molecule has 0 radical (unpaired) electrons. The van der Waals surface area contributed by atoms with Gasteiger partial charge in [-0.2, -0.15) is 0 Å². The number of ether oxygens (including phenoxy) is 1. The molecule has 0 unspecified atom stereocenters. The lowest BCUT2D eigenvalue weighted by Gasteiger charge is -2.07. The first-order chi connectivity index (χ1) is 7.90. The normalized spacial score (nSPS) is 10.4. The number of carbonyl (C=O) groups excluding carboxylic acids is 1. The zero-order chi connectivity index (χ0) is 13.2. The van der Waals surface area contributed by atoms with E-state index < -0.39 is 39.3 Å². The van der Waals surface area contributed by atoms with Crippen molar-refractivity contribution in [3.63, 3.8) is 0 Å². The lowest BCUT2D eigenvalue weighted by atomic mass is 10.1. The average Bonchev–Trinajstić information content (AvgIpc) is 2.26. The maximum atomic E-state index is 12.6. The highest BCUT2D eigenvalue weighted by Crippen LogP contribution is 2.33. The lowest BCUT2D eigenvalue weighted by molar-refractivity contribution is -0.389. The number of rotatable bonds is 3.